The van der Waals surface area contributed by atoms with Crippen LogP contribution >= 0.6 is 0 Å². The molecule has 1 amide bonds. The quantitative estimate of drug-likeness (QED) is 0.778. The fourth-order valence-corrected chi connectivity index (χ4v) is 2.49. The van der Waals surface area contributed by atoms with Crippen molar-refractivity contribution in [2.45, 2.75) is 13.3 Å². The van der Waals surface area contributed by atoms with Crippen LogP contribution in [0.4, 0.5) is 5.69 Å². The van der Waals surface area contributed by atoms with Crippen LogP contribution < -0.4 is 14.8 Å². The molecule has 0 fully saturated rings. The van der Waals surface area contributed by atoms with Crippen LogP contribution in [0.2, 0.25) is 0 Å². The summed E-state index contributed by atoms with van der Waals surface area (Å²) < 4.78 is 15.7. The van der Waals surface area contributed by atoms with Gasteiger partial charge in [0.1, 0.15) is 17.2 Å². The number of rotatable bonds is 5. The summed E-state index contributed by atoms with van der Waals surface area (Å²) in [5.74, 6) is 0.983. The van der Waals surface area contributed by atoms with Crippen LogP contribution in [0.3, 0.4) is 0 Å². The molecule has 3 rings (SSSR count). The van der Waals surface area contributed by atoms with E-state index in [9.17, 15) is 4.79 Å². The number of aryl methyl sites for hydroxylation is 1. The Hall–Kier alpha value is -3.02. The first-order chi connectivity index (χ1) is 11.6. The topological polar surface area (TPSA) is 73.6 Å². The number of carbonyl (C=O) groups is 1. The van der Waals surface area contributed by atoms with Gasteiger partial charge in [-0.15, -0.1) is 0 Å². The molecule has 2 aromatic carbocycles. The zero-order chi connectivity index (χ0) is 17.1. The van der Waals surface area contributed by atoms with Crippen LogP contribution in [0.15, 0.2) is 40.9 Å². The highest BCUT2D eigenvalue weighted by molar-refractivity contribution is 5.96. The Morgan fingerprint density at radius 3 is 2.75 bits per heavy atom. The minimum Gasteiger partial charge on any atom is -0.497 e. The lowest BCUT2D eigenvalue weighted by Gasteiger charge is -2.11. The normalized spacial score (nSPS) is 10.6. The predicted octanol–water partition coefficient (Wildman–Crippen LogP) is 3.33. The third-order valence-electron chi connectivity index (χ3n) is 3.71. The molecule has 0 aliphatic rings. The van der Waals surface area contributed by atoms with Crippen LogP contribution in [0, 0.1) is 6.92 Å². The first-order valence-corrected chi connectivity index (χ1v) is 7.47. The summed E-state index contributed by atoms with van der Waals surface area (Å²) in [5.41, 5.74) is 2.91. The first kappa shape index (κ1) is 15.9. The second-order valence-corrected chi connectivity index (χ2v) is 5.42. The van der Waals surface area contributed by atoms with Crippen LogP contribution in [-0.4, -0.2) is 25.3 Å². The van der Waals surface area contributed by atoms with E-state index in [0.717, 1.165) is 10.9 Å². The number of aromatic nitrogens is 1. The molecular formula is C18H18N2O4. The van der Waals surface area contributed by atoms with Crippen molar-refractivity contribution in [3.63, 3.8) is 0 Å². The van der Waals surface area contributed by atoms with Gasteiger partial charge in [0.05, 0.1) is 26.3 Å². The maximum Gasteiger partial charge on any atom is 0.230 e. The third-order valence-corrected chi connectivity index (χ3v) is 3.71. The van der Waals surface area contributed by atoms with Gasteiger partial charge < -0.3 is 19.3 Å². The van der Waals surface area contributed by atoms with E-state index in [4.69, 9.17) is 14.0 Å². The van der Waals surface area contributed by atoms with Gasteiger partial charge in [0.15, 0.2) is 5.58 Å². The predicted molar refractivity (Wildman–Crippen MR) is 90.6 cm³/mol. The summed E-state index contributed by atoms with van der Waals surface area (Å²) >= 11 is 0. The smallest absolute Gasteiger partial charge is 0.230 e. The summed E-state index contributed by atoms with van der Waals surface area (Å²) in [4.78, 5) is 12.4. The first-order valence-electron chi connectivity index (χ1n) is 7.47. The highest BCUT2D eigenvalue weighted by Gasteiger charge is 2.14. The molecule has 0 aliphatic carbocycles. The number of anilines is 1. The zero-order valence-electron chi connectivity index (χ0n) is 13.8. The van der Waals surface area contributed by atoms with Crippen molar-refractivity contribution in [3.8, 4) is 11.5 Å². The van der Waals surface area contributed by atoms with Gasteiger partial charge in [0.2, 0.25) is 5.91 Å². The highest BCUT2D eigenvalue weighted by atomic mass is 16.5. The van der Waals surface area contributed by atoms with Crippen molar-refractivity contribution in [2.75, 3.05) is 19.5 Å². The molecule has 1 aromatic heterocycles. The van der Waals surface area contributed by atoms with Crippen LogP contribution in [0.5, 0.6) is 11.5 Å². The number of benzene rings is 2. The Bertz CT molecular complexity index is 886. The molecule has 0 atom stereocenters. The van der Waals surface area contributed by atoms with Gasteiger partial charge in [0, 0.05) is 11.5 Å². The van der Waals surface area contributed by atoms with Gasteiger partial charge in [-0.3, -0.25) is 4.79 Å². The minimum atomic E-state index is -0.210. The highest BCUT2D eigenvalue weighted by Crippen LogP contribution is 2.29. The summed E-state index contributed by atoms with van der Waals surface area (Å²) in [5, 5.41) is 7.68. The molecule has 0 aliphatic heterocycles. The van der Waals surface area contributed by atoms with Crippen LogP contribution in [-0.2, 0) is 11.2 Å². The molecular weight excluding hydrogens is 308 g/mol. The summed E-state index contributed by atoms with van der Waals surface area (Å²) in [6.45, 7) is 1.98. The molecule has 0 saturated carbocycles. The van der Waals surface area contributed by atoms with E-state index in [1.807, 2.05) is 25.1 Å². The molecule has 0 saturated heterocycles. The molecule has 1 heterocycles. The van der Waals surface area contributed by atoms with Crippen molar-refractivity contribution in [2.24, 2.45) is 0 Å². The lowest BCUT2D eigenvalue weighted by Crippen LogP contribution is -2.15. The van der Waals surface area contributed by atoms with Crippen molar-refractivity contribution >= 4 is 22.6 Å². The van der Waals surface area contributed by atoms with E-state index in [-0.39, 0.29) is 12.3 Å². The molecule has 0 unspecified atom stereocenters. The molecule has 0 radical (unpaired) electrons. The number of hydrogen-bond donors (Lipinski definition) is 1. The van der Waals surface area contributed by atoms with Gasteiger partial charge in [-0.2, -0.15) is 0 Å². The second-order valence-electron chi connectivity index (χ2n) is 5.42. The second kappa shape index (κ2) is 6.62. The Morgan fingerprint density at radius 1 is 1.17 bits per heavy atom. The average Bonchev–Trinajstić information content (AvgIpc) is 2.96. The van der Waals surface area contributed by atoms with Gasteiger partial charge in [-0.25, -0.2) is 0 Å². The molecule has 6 nitrogen and oxygen atoms in total. The van der Waals surface area contributed by atoms with Crippen molar-refractivity contribution < 1.29 is 18.8 Å². The summed E-state index contributed by atoms with van der Waals surface area (Å²) in [6, 6.07) is 11.0. The van der Waals surface area contributed by atoms with E-state index < -0.39 is 0 Å². The van der Waals surface area contributed by atoms with Gasteiger partial charge in [-0.1, -0.05) is 16.8 Å². The number of ether oxygens (including phenoxy) is 2. The number of nitrogens with one attached hydrogen (secondary N) is 1. The van der Waals surface area contributed by atoms with Gasteiger partial charge in [-0.05, 0) is 31.2 Å². The standard InChI is InChI=1S/C18H18N2O4/c1-11-4-6-16-13(8-11)14(20-24-16)10-18(21)19-15-9-12(22-2)5-7-17(15)23-3/h4-9H,10H2,1-3H3,(H,19,21). The van der Waals surface area contributed by atoms with Gasteiger partial charge >= 0.3 is 0 Å². The monoisotopic (exact) mass is 326 g/mol. The summed E-state index contributed by atoms with van der Waals surface area (Å²) in [7, 11) is 3.11. The summed E-state index contributed by atoms with van der Waals surface area (Å²) in [6.07, 6.45) is 0.108. The number of fused-ring (bicyclic) bond motifs is 1. The number of hydrogen-bond acceptors (Lipinski definition) is 5. The van der Waals surface area contributed by atoms with Crippen molar-refractivity contribution in [3.05, 3.63) is 47.7 Å². The molecule has 0 bridgehead atoms. The van der Waals surface area contributed by atoms with Crippen LogP contribution in [0.1, 0.15) is 11.3 Å². The van der Waals surface area contributed by atoms with E-state index in [1.165, 1.54) is 0 Å². The zero-order valence-corrected chi connectivity index (χ0v) is 13.8. The largest absolute Gasteiger partial charge is 0.497 e. The maximum absolute atomic E-state index is 12.4. The van der Waals surface area contributed by atoms with E-state index >= 15 is 0 Å². The van der Waals surface area contributed by atoms with Gasteiger partial charge in [0.25, 0.3) is 0 Å². The molecule has 24 heavy (non-hydrogen) atoms. The number of nitrogens with zero attached hydrogens (tertiary/aromatic N) is 1. The molecule has 1 N–H and O–H groups in total. The van der Waals surface area contributed by atoms with Crippen molar-refractivity contribution in [1.29, 1.82) is 0 Å². The fraction of sp³-hybridized carbons (Fsp3) is 0.222. The number of methoxy groups -OCH3 is 2. The third kappa shape index (κ3) is 3.17. The lowest BCUT2D eigenvalue weighted by molar-refractivity contribution is -0.115. The number of carbonyl (C=O) groups excluding carboxylic acids is 1. The Kier molecular flexibility index (Phi) is 4.37. The minimum absolute atomic E-state index is 0.108. The van der Waals surface area contributed by atoms with Crippen LogP contribution in [0.25, 0.3) is 11.0 Å². The Morgan fingerprint density at radius 2 is 2.00 bits per heavy atom. The average molecular weight is 326 g/mol. The Labute approximate surface area is 139 Å². The lowest BCUT2D eigenvalue weighted by atomic mass is 10.1. The van der Waals surface area contributed by atoms with Crippen molar-refractivity contribution in [1.82, 2.24) is 5.16 Å². The van der Waals surface area contributed by atoms with E-state index in [1.54, 1.807) is 32.4 Å². The van der Waals surface area contributed by atoms with E-state index in [0.29, 0.717) is 28.5 Å². The molecule has 0 spiro atoms. The maximum atomic E-state index is 12.4. The molecule has 3 aromatic rings. The molecule has 124 valence electrons. The SMILES string of the molecule is COc1ccc(OC)c(NC(=O)Cc2noc3ccc(C)cc23)c1. The number of amides is 1. The fourth-order valence-electron chi connectivity index (χ4n) is 2.49. The Balaban J connectivity index is 1.81. The van der Waals surface area contributed by atoms with E-state index in [2.05, 4.69) is 10.5 Å². The molecule has 6 heteroatoms.